The molecule has 29 nitrogen and oxygen atoms in total. The van der Waals surface area contributed by atoms with Crippen LogP contribution in [0.5, 0.6) is 0 Å². The van der Waals surface area contributed by atoms with E-state index in [0.29, 0.717) is 0 Å². The highest BCUT2D eigenvalue weighted by Crippen LogP contribution is 2.37. The van der Waals surface area contributed by atoms with Crippen LogP contribution in [0.2, 0.25) is 0 Å². The molecule has 19 N–H and O–H groups in total. The molecule has 65 heavy (non-hydrogen) atoms. The molecule has 5 rings (SSSR count). The molecule has 0 aromatic rings. The van der Waals surface area contributed by atoms with E-state index in [4.69, 9.17) is 47.4 Å². The van der Waals surface area contributed by atoms with Gasteiger partial charge in [0.1, 0.15) is 134 Å². The summed E-state index contributed by atoms with van der Waals surface area (Å²) in [5.41, 5.74) is 0. The minimum Gasteiger partial charge on any atom is -0.394 e. The van der Waals surface area contributed by atoms with E-state index in [1.54, 1.807) is 0 Å². The van der Waals surface area contributed by atoms with Gasteiger partial charge in [0.15, 0.2) is 31.5 Å². The van der Waals surface area contributed by atoms with Crippen molar-refractivity contribution < 1.29 is 144 Å². The Balaban J connectivity index is 1.42. The Hall–Kier alpha value is -1.16. The molecule has 5 aliphatic heterocycles. The van der Waals surface area contributed by atoms with Crippen LogP contribution in [0, 0.1) is 0 Å². The quantitative estimate of drug-likeness (QED) is 0.0606. The maximum Gasteiger partial charge on any atom is 0.187 e. The zero-order valence-corrected chi connectivity index (χ0v) is 34.9. The summed E-state index contributed by atoms with van der Waals surface area (Å²) in [7, 11) is 0. The van der Waals surface area contributed by atoms with Crippen molar-refractivity contribution in [1.82, 2.24) is 0 Å². The molecular weight excluding hydrogens is 896 g/mol. The molecule has 5 heterocycles. The summed E-state index contributed by atoms with van der Waals surface area (Å²) in [5, 5.41) is 200. The predicted molar refractivity (Wildman–Crippen MR) is 199 cm³/mol. The number of aliphatic hydroxyl groups excluding tert-OH is 19. The maximum atomic E-state index is 11.7. The van der Waals surface area contributed by atoms with Gasteiger partial charge in [0, 0.05) is 0 Å². The Morgan fingerprint density at radius 2 is 0.769 bits per heavy atom. The summed E-state index contributed by atoms with van der Waals surface area (Å²) in [6.45, 7) is -2.50. The van der Waals surface area contributed by atoms with Crippen molar-refractivity contribution in [2.75, 3.05) is 33.0 Å². The zero-order valence-electron chi connectivity index (χ0n) is 34.9. The van der Waals surface area contributed by atoms with Gasteiger partial charge in [0.2, 0.25) is 0 Å². The number of rotatable bonds is 18. The summed E-state index contributed by atoms with van der Waals surface area (Å²) < 4.78 is 56.6. The molecule has 0 spiro atoms. The predicted octanol–water partition coefficient (Wildman–Crippen LogP) is -12.4. The van der Waals surface area contributed by atoms with Gasteiger partial charge in [-0.15, -0.1) is 0 Å². The van der Waals surface area contributed by atoms with Crippen molar-refractivity contribution in [1.29, 1.82) is 0 Å². The number of ether oxygens (including phenoxy) is 10. The van der Waals surface area contributed by atoms with E-state index in [-0.39, 0.29) is 0 Å². The highest BCUT2D eigenvalue weighted by Gasteiger charge is 2.57. The standard InChI is InChI=1S/C36H64O29/c1-8(42)15(44)27(10(43)3-37)61-36-26(55)31(65-33-23(52)21(50)18(47)12(5-39)58-33)28(14(7-41)60-36)62-34-24(53)29(16(45)9(2)56-34)63-35-25(54)30(19(48)13(6-40)59-35)64-32-22(51)20(49)17(46)11(4-38)57-32/h8-55H,3-7H2,1-2H3/t8-,9-,10-,11+,12+,13+,14+,15-,16-,17-,18-,19+,20-,21-,22+,23+,24+,25+,26+,27-,28+,29+,30-,31+,32-,33-,34-,35-,36-/m0/s1. The Labute approximate surface area is 369 Å². The van der Waals surface area contributed by atoms with Gasteiger partial charge in [-0.2, -0.15) is 0 Å². The molecule has 0 radical (unpaired) electrons. The van der Waals surface area contributed by atoms with Gasteiger partial charge < -0.3 is 144 Å². The summed E-state index contributed by atoms with van der Waals surface area (Å²) in [6.07, 6.45) is -55.1. The molecule has 0 unspecified atom stereocenters. The molecule has 0 aliphatic carbocycles. The van der Waals surface area contributed by atoms with Crippen LogP contribution in [0.25, 0.3) is 0 Å². The van der Waals surface area contributed by atoms with Crippen molar-refractivity contribution in [3.63, 3.8) is 0 Å². The van der Waals surface area contributed by atoms with Crippen molar-refractivity contribution in [3.05, 3.63) is 0 Å². The van der Waals surface area contributed by atoms with Gasteiger partial charge in [-0.3, -0.25) is 0 Å². The van der Waals surface area contributed by atoms with Gasteiger partial charge in [0.05, 0.1) is 45.2 Å². The lowest BCUT2D eigenvalue weighted by molar-refractivity contribution is -0.401. The second-order valence-electron chi connectivity index (χ2n) is 16.5. The zero-order chi connectivity index (χ0) is 48.3. The lowest BCUT2D eigenvalue weighted by Gasteiger charge is -2.50. The number of aliphatic hydroxyl groups is 19. The number of hydrogen-bond donors (Lipinski definition) is 19. The van der Waals surface area contributed by atoms with Crippen LogP contribution in [0.15, 0.2) is 0 Å². The third kappa shape index (κ3) is 11.7. The van der Waals surface area contributed by atoms with Gasteiger partial charge in [-0.05, 0) is 13.8 Å². The fourth-order valence-electron chi connectivity index (χ4n) is 7.98. The van der Waals surface area contributed by atoms with Crippen LogP contribution in [0.4, 0.5) is 0 Å². The third-order valence-corrected chi connectivity index (χ3v) is 11.9. The van der Waals surface area contributed by atoms with E-state index < -0.39 is 211 Å². The highest BCUT2D eigenvalue weighted by atomic mass is 16.8. The van der Waals surface area contributed by atoms with Crippen LogP contribution in [0.1, 0.15) is 13.8 Å². The maximum absolute atomic E-state index is 11.7. The van der Waals surface area contributed by atoms with Crippen LogP contribution in [-0.2, 0) is 47.4 Å². The lowest BCUT2D eigenvalue weighted by Crippen LogP contribution is -2.68. The van der Waals surface area contributed by atoms with Crippen molar-refractivity contribution >= 4 is 0 Å². The van der Waals surface area contributed by atoms with E-state index in [0.717, 1.165) is 6.92 Å². The minimum absolute atomic E-state index is 0.862. The average molecular weight is 961 g/mol. The molecule has 382 valence electrons. The summed E-state index contributed by atoms with van der Waals surface area (Å²) in [6, 6.07) is 0. The summed E-state index contributed by atoms with van der Waals surface area (Å²) in [4.78, 5) is 0. The molecule has 0 amide bonds. The monoisotopic (exact) mass is 960 g/mol. The van der Waals surface area contributed by atoms with Crippen LogP contribution in [0.3, 0.4) is 0 Å². The fraction of sp³-hybridized carbons (Fsp3) is 1.00. The van der Waals surface area contributed by atoms with Crippen LogP contribution < -0.4 is 0 Å². The smallest absolute Gasteiger partial charge is 0.187 e. The minimum atomic E-state index is -2.23. The average Bonchev–Trinajstić information content (AvgIpc) is 3.29. The molecule has 5 saturated heterocycles. The third-order valence-electron chi connectivity index (χ3n) is 11.9. The van der Waals surface area contributed by atoms with Crippen LogP contribution >= 0.6 is 0 Å². The SMILES string of the molecule is C[C@H](O)[C@H](O)[C@@H](O[C@@H]1O[C@H](CO)[C@@H](O[C@@H]2O[C@@H](C)[C@H](O)[C@@H](O[C@@H]3O[C@H](CO)[C@@H](O)[C@H](O[C@@H]4O[C@H](CO)[C@H](O)[C@H](O)[C@H]4O)[C@H]3O)[C@H]2O)[C@H](O[C@@H]2O[C@H](CO)[C@H](O)[C@H](O)[C@H]2O)[C@H]1O)[C@@H](O)CO. The van der Waals surface area contributed by atoms with Crippen LogP contribution in [-0.4, -0.2) is 308 Å². The Bertz CT molecular complexity index is 1420. The number of hydrogen-bond acceptors (Lipinski definition) is 29. The molecule has 0 aromatic heterocycles. The first-order chi connectivity index (χ1) is 30.6. The Morgan fingerprint density at radius 1 is 0.400 bits per heavy atom. The Morgan fingerprint density at radius 3 is 1.22 bits per heavy atom. The summed E-state index contributed by atoms with van der Waals surface area (Å²) in [5.74, 6) is 0. The van der Waals surface area contributed by atoms with Gasteiger partial charge in [-0.25, -0.2) is 0 Å². The van der Waals surface area contributed by atoms with Gasteiger partial charge >= 0.3 is 0 Å². The van der Waals surface area contributed by atoms with E-state index in [1.165, 1.54) is 6.92 Å². The molecule has 29 heteroatoms. The lowest BCUT2D eigenvalue weighted by atomic mass is 9.95. The summed E-state index contributed by atoms with van der Waals surface area (Å²) >= 11 is 0. The van der Waals surface area contributed by atoms with Crippen molar-refractivity contribution in [2.24, 2.45) is 0 Å². The largest absolute Gasteiger partial charge is 0.394 e. The first kappa shape index (κ1) is 54.8. The first-order valence-corrected chi connectivity index (χ1v) is 20.8. The second-order valence-corrected chi connectivity index (χ2v) is 16.5. The van der Waals surface area contributed by atoms with Crippen molar-refractivity contribution in [2.45, 2.75) is 192 Å². The van der Waals surface area contributed by atoms with Gasteiger partial charge in [0.25, 0.3) is 0 Å². The van der Waals surface area contributed by atoms with E-state index in [9.17, 15) is 97.0 Å². The van der Waals surface area contributed by atoms with E-state index in [1.807, 2.05) is 0 Å². The highest BCUT2D eigenvalue weighted by molar-refractivity contribution is 4.99. The van der Waals surface area contributed by atoms with E-state index in [2.05, 4.69) is 0 Å². The second kappa shape index (κ2) is 23.6. The molecule has 5 aliphatic rings. The first-order valence-electron chi connectivity index (χ1n) is 20.8. The molecule has 5 fully saturated rings. The molecule has 0 aromatic carbocycles. The topological polar surface area (TPSA) is 477 Å². The van der Waals surface area contributed by atoms with E-state index >= 15 is 0 Å². The van der Waals surface area contributed by atoms with Gasteiger partial charge in [-0.1, -0.05) is 0 Å². The normalized spacial score (nSPS) is 49.5. The van der Waals surface area contributed by atoms with Crippen molar-refractivity contribution in [3.8, 4) is 0 Å². The molecular formula is C36H64O29. The molecule has 0 saturated carbocycles. The fourth-order valence-corrected chi connectivity index (χ4v) is 7.98. The molecule has 29 atom stereocenters. The Kier molecular flexibility index (Phi) is 19.9. The molecule has 0 bridgehead atoms.